The van der Waals surface area contributed by atoms with Crippen molar-refractivity contribution in [1.29, 1.82) is 0 Å². The fourth-order valence-electron chi connectivity index (χ4n) is 2.45. The standard InChI is InChI=1S/C13H21N3/c14-13-12(7-4-9-16-13)15-10-8-11-5-2-1-3-6-11/h4,7,9,11,15H,1-3,5-6,8,10H2,(H2,14,16). The molecule has 0 atom stereocenters. The summed E-state index contributed by atoms with van der Waals surface area (Å²) in [5.41, 5.74) is 6.74. The van der Waals surface area contributed by atoms with Crippen LogP contribution in [0.1, 0.15) is 38.5 Å². The van der Waals surface area contributed by atoms with E-state index in [1.54, 1.807) is 6.20 Å². The molecule has 1 fully saturated rings. The normalized spacial score (nSPS) is 17.2. The van der Waals surface area contributed by atoms with Crippen LogP contribution in [0.3, 0.4) is 0 Å². The third-order valence-corrected chi connectivity index (χ3v) is 3.43. The highest BCUT2D eigenvalue weighted by molar-refractivity contribution is 5.60. The Morgan fingerprint density at radius 2 is 2.12 bits per heavy atom. The smallest absolute Gasteiger partial charge is 0.146 e. The lowest BCUT2D eigenvalue weighted by molar-refractivity contribution is 0.345. The van der Waals surface area contributed by atoms with Crippen molar-refractivity contribution in [2.24, 2.45) is 5.92 Å². The van der Waals surface area contributed by atoms with Crippen LogP contribution in [-0.4, -0.2) is 11.5 Å². The van der Waals surface area contributed by atoms with E-state index in [0.717, 1.165) is 18.2 Å². The van der Waals surface area contributed by atoms with Gasteiger partial charge in [0.25, 0.3) is 0 Å². The number of nitrogens with one attached hydrogen (secondary N) is 1. The van der Waals surface area contributed by atoms with E-state index in [4.69, 9.17) is 5.73 Å². The predicted molar refractivity (Wildman–Crippen MR) is 68.3 cm³/mol. The van der Waals surface area contributed by atoms with Gasteiger partial charge in [-0.25, -0.2) is 4.98 Å². The largest absolute Gasteiger partial charge is 0.382 e. The highest BCUT2D eigenvalue weighted by Gasteiger charge is 2.12. The third kappa shape index (κ3) is 3.12. The van der Waals surface area contributed by atoms with E-state index in [9.17, 15) is 0 Å². The number of nitrogens with two attached hydrogens (primary N) is 1. The van der Waals surface area contributed by atoms with Crippen molar-refractivity contribution in [3.05, 3.63) is 18.3 Å². The minimum atomic E-state index is 0.603. The molecule has 1 aromatic heterocycles. The second-order valence-electron chi connectivity index (χ2n) is 4.66. The van der Waals surface area contributed by atoms with Gasteiger partial charge in [-0.15, -0.1) is 0 Å². The van der Waals surface area contributed by atoms with Gasteiger partial charge in [0.2, 0.25) is 0 Å². The Kier molecular flexibility index (Phi) is 4.03. The molecule has 3 nitrogen and oxygen atoms in total. The Morgan fingerprint density at radius 3 is 2.88 bits per heavy atom. The van der Waals surface area contributed by atoms with Crippen LogP contribution in [0.2, 0.25) is 0 Å². The maximum absolute atomic E-state index is 5.77. The molecule has 1 aliphatic carbocycles. The first-order valence-electron chi connectivity index (χ1n) is 6.30. The van der Waals surface area contributed by atoms with E-state index in [2.05, 4.69) is 10.3 Å². The summed E-state index contributed by atoms with van der Waals surface area (Å²) in [4.78, 5) is 4.06. The quantitative estimate of drug-likeness (QED) is 0.818. The lowest BCUT2D eigenvalue weighted by atomic mass is 9.87. The Bertz CT molecular complexity index is 319. The first kappa shape index (κ1) is 11.2. The molecule has 3 N–H and O–H groups in total. The van der Waals surface area contributed by atoms with Crippen molar-refractivity contribution >= 4 is 11.5 Å². The van der Waals surface area contributed by atoms with Crippen LogP contribution in [0, 0.1) is 5.92 Å². The lowest BCUT2D eigenvalue weighted by Gasteiger charge is -2.21. The molecular weight excluding hydrogens is 198 g/mol. The molecule has 0 spiro atoms. The van der Waals surface area contributed by atoms with Crippen LogP contribution in [0.15, 0.2) is 18.3 Å². The van der Waals surface area contributed by atoms with E-state index in [-0.39, 0.29) is 0 Å². The Morgan fingerprint density at radius 1 is 1.31 bits per heavy atom. The Balaban J connectivity index is 1.73. The van der Waals surface area contributed by atoms with Gasteiger partial charge in [0.05, 0.1) is 5.69 Å². The van der Waals surface area contributed by atoms with Gasteiger partial charge >= 0.3 is 0 Å². The minimum absolute atomic E-state index is 0.603. The van der Waals surface area contributed by atoms with E-state index in [1.807, 2.05) is 12.1 Å². The summed E-state index contributed by atoms with van der Waals surface area (Å²) < 4.78 is 0. The zero-order valence-electron chi connectivity index (χ0n) is 9.78. The monoisotopic (exact) mass is 219 g/mol. The van der Waals surface area contributed by atoms with Crippen molar-refractivity contribution in [1.82, 2.24) is 4.98 Å². The molecule has 0 radical (unpaired) electrons. The predicted octanol–water partition coefficient (Wildman–Crippen LogP) is 3.05. The van der Waals surface area contributed by atoms with Gasteiger partial charge in [0, 0.05) is 12.7 Å². The molecule has 2 rings (SSSR count). The van der Waals surface area contributed by atoms with Crippen molar-refractivity contribution < 1.29 is 0 Å². The molecule has 16 heavy (non-hydrogen) atoms. The highest BCUT2D eigenvalue weighted by atomic mass is 14.9. The maximum Gasteiger partial charge on any atom is 0.146 e. The van der Waals surface area contributed by atoms with Crippen LogP contribution in [0.4, 0.5) is 11.5 Å². The highest BCUT2D eigenvalue weighted by Crippen LogP contribution is 2.26. The van der Waals surface area contributed by atoms with Crippen molar-refractivity contribution in [2.45, 2.75) is 38.5 Å². The fourth-order valence-corrected chi connectivity index (χ4v) is 2.45. The SMILES string of the molecule is Nc1ncccc1NCCC1CCCCC1. The summed E-state index contributed by atoms with van der Waals surface area (Å²) >= 11 is 0. The fraction of sp³-hybridized carbons (Fsp3) is 0.615. The number of hydrogen-bond donors (Lipinski definition) is 2. The van der Waals surface area contributed by atoms with Crippen LogP contribution in [0.5, 0.6) is 0 Å². The molecule has 0 aromatic carbocycles. The van der Waals surface area contributed by atoms with Crippen molar-refractivity contribution in [3.8, 4) is 0 Å². The average Bonchev–Trinajstić information content (AvgIpc) is 2.33. The van der Waals surface area contributed by atoms with Gasteiger partial charge in [-0.2, -0.15) is 0 Å². The minimum Gasteiger partial charge on any atom is -0.382 e. The summed E-state index contributed by atoms with van der Waals surface area (Å²) in [6.45, 7) is 1.01. The molecule has 0 aliphatic heterocycles. The van der Waals surface area contributed by atoms with Crippen LogP contribution < -0.4 is 11.1 Å². The Labute approximate surface area is 97.5 Å². The zero-order valence-corrected chi connectivity index (χ0v) is 9.78. The maximum atomic E-state index is 5.77. The molecule has 3 heteroatoms. The number of pyridine rings is 1. The molecule has 1 saturated carbocycles. The van der Waals surface area contributed by atoms with Crippen LogP contribution in [0.25, 0.3) is 0 Å². The van der Waals surface area contributed by atoms with Gasteiger partial charge < -0.3 is 11.1 Å². The molecule has 0 bridgehead atoms. The second-order valence-corrected chi connectivity index (χ2v) is 4.66. The first-order valence-corrected chi connectivity index (χ1v) is 6.30. The molecular formula is C13H21N3. The van der Waals surface area contributed by atoms with Gasteiger partial charge in [-0.05, 0) is 24.5 Å². The Hall–Kier alpha value is -1.25. The van der Waals surface area contributed by atoms with Crippen LogP contribution >= 0.6 is 0 Å². The second kappa shape index (κ2) is 5.73. The molecule has 0 unspecified atom stereocenters. The topological polar surface area (TPSA) is 50.9 Å². The molecule has 0 saturated heterocycles. The van der Waals surface area contributed by atoms with Gasteiger partial charge in [-0.3, -0.25) is 0 Å². The first-order chi connectivity index (χ1) is 7.86. The summed E-state index contributed by atoms with van der Waals surface area (Å²) in [7, 11) is 0. The van der Waals surface area contributed by atoms with Gasteiger partial charge in [0.15, 0.2) is 0 Å². The number of aromatic nitrogens is 1. The van der Waals surface area contributed by atoms with Gasteiger partial charge in [0.1, 0.15) is 5.82 Å². The number of anilines is 2. The molecule has 1 aliphatic rings. The van der Waals surface area contributed by atoms with E-state index in [1.165, 1.54) is 38.5 Å². The molecule has 1 aromatic rings. The van der Waals surface area contributed by atoms with E-state index < -0.39 is 0 Å². The van der Waals surface area contributed by atoms with E-state index in [0.29, 0.717) is 5.82 Å². The molecule has 0 amide bonds. The number of nitrogens with zero attached hydrogens (tertiary/aromatic N) is 1. The molecule has 88 valence electrons. The summed E-state index contributed by atoms with van der Waals surface area (Å²) in [5.74, 6) is 1.52. The summed E-state index contributed by atoms with van der Waals surface area (Å²) in [6, 6.07) is 3.91. The van der Waals surface area contributed by atoms with E-state index >= 15 is 0 Å². The van der Waals surface area contributed by atoms with Crippen LogP contribution in [-0.2, 0) is 0 Å². The lowest BCUT2D eigenvalue weighted by Crippen LogP contribution is -2.13. The van der Waals surface area contributed by atoms with Gasteiger partial charge in [-0.1, -0.05) is 32.1 Å². The summed E-state index contributed by atoms with van der Waals surface area (Å²) in [6.07, 6.45) is 10.1. The zero-order chi connectivity index (χ0) is 11.2. The summed E-state index contributed by atoms with van der Waals surface area (Å²) in [5, 5.41) is 3.37. The molecule has 1 heterocycles. The number of rotatable bonds is 4. The number of nitrogen functional groups attached to an aromatic ring is 1. The third-order valence-electron chi connectivity index (χ3n) is 3.43. The van der Waals surface area contributed by atoms with Crippen molar-refractivity contribution in [3.63, 3.8) is 0 Å². The number of hydrogen-bond acceptors (Lipinski definition) is 3. The average molecular weight is 219 g/mol. The van der Waals surface area contributed by atoms with Crippen molar-refractivity contribution in [2.75, 3.05) is 17.6 Å².